The van der Waals surface area contributed by atoms with Crippen LogP contribution in [-0.4, -0.2) is 119 Å². The third-order valence-corrected chi connectivity index (χ3v) is 24.3. The lowest BCUT2D eigenvalue weighted by atomic mass is 10.0. The van der Waals surface area contributed by atoms with E-state index in [0.29, 0.717) is 37.2 Å². The van der Waals surface area contributed by atoms with Crippen LogP contribution in [0.1, 0.15) is 426 Å². The van der Waals surface area contributed by atoms with E-state index in [1.165, 1.54) is 278 Å². The second-order valence-corrected chi connectivity index (χ2v) is 35.6. The molecule has 0 aromatic rings. The molecule has 0 rings (SSSR count). The number of aliphatic hydroxyl groups excluding tert-OH is 2. The van der Waals surface area contributed by atoms with E-state index in [-0.39, 0.29) is 62.8 Å². The lowest BCUT2D eigenvalue weighted by Gasteiger charge is -2.25. The Labute approximate surface area is 646 Å². The Bertz CT molecular complexity index is 1870. The number of aliphatic hydroxyl groups is 2. The van der Waals surface area contributed by atoms with Crippen LogP contribution in [0.25, 0.3) is 0 Å². The molecule has 0 aromatic heterocycles. The van der Waals surface area contributed by atoms with Gasteiger partial charge in [-0.15, -0.1) is 0 Å². The topological polar surface area (TPSA) is 268 Å². The first kappa shape index (κ1) is 103. The molecule has 6 atom stereocenters. The standard InChI is InChI=1S/C82H164N4O14P2S2/c1-5-9-13-17-21-25-29-33-35-39-43-47-51-55-59-63-81(91)85-75(77(87)61-57-53-49-45-41-37-31-27-23-19-15-11-7-3)73-99-101(93,94)97-69-67-83-79(89)65-71-103-104-72-66-80(90)84-68-70-98-102(95,96)100-74-76(78(88)62-58-54-50-46-42-38-32-28-24-20-16-12-8-4)86-82(92)64-60-56-52-48-44-40-36-34-30-26-22-18-14-10-6-2/h75-78,87-88H,5-74H2,1-4H3,(H,83,89)(H,84,90)(H,85,91)(H,86,92)(H,93,94)(H,95,96)/t75-,76-,77+,78+/m0/s1. The van der Waals surface area contributed by atoms with Gasteiger partial charge in [0.1, 0.15) is 0 Å². The number of hydrogen-bond donors (Lipinski definition) is 8. The highest BCUT2D eigenvalue weighted by Gasteiger charge is 2.30. The fourth-order valence-corrected chi connectivity index (χ4v) is 16.7. The molecule has 104 heavy (non-hydrogen) atoms. The predicted molar refractivity (Wildman–Crippen MR) is 439 cm³/mol. The number of phosphoric acid groups is 2. The third-order valence-electron chi connectivity index (χ3n) is 19.9. The number of carbonyl (C=O) groups excluding carboxylic acids is 4. The van der Waals surface area contributed by atoms with Crippen LogP contribution in [0.15, 0.2) is 0 Å². The molecule has 0 saturated carbocycles. The SMILES string of the molecule is CCCCCCCCCCCCCCCCCC(=O)N[C@@H](COP(=O)(O)OCCNC(=O)CCSSCCC(=O)NCCOP(=O)(O)OC[C@H](NC(=O)CCCCCCCCCCCCCCCCC)[C@H](O)CCCCCCCCCCCCCCC)[C@H](O)CCCCCCCCCCCCCCC. The fourth-order valence-electron chi connectivity index (χ4n) is 13.2. The smallest absolute Gasteiger partial charge is 0.391 e. The van der Waals surface area contributed by atoms with Crippen LogP contribution in [0, 0.1) is 0 Å². The zero-order valence-corrected chi connectivity index (χ0v) is 70.8. The Balaban J connectivity index is 4.81. The van der Waals surface area contributed by atoms with Crippen molar-refractivity contribution in [1.82, 2.24) is 21.3 Å². The molecule has 0 aliphatic heterocycles. The Morgan fingerprint density at radius 2 is 0.510 bits per heavy atom. The highest BCUT2D eigenvalue weighted by atomic mass is 33.1. The molecule has 0 aliphatic carbocycles. The number of unbranched alkanes of at least 4 members (excludes halogenated alkanes) is 52. The highest BCUT2D eigenvalue weighted by molar-refractivity contribution is 8.76. The van der Waals surface area contributed by atoms with Crippen molar-refractivity contribution in [3.63, 3.8) is 0 Å². The highest BCUT2D eigenvalue weighted by Crippen LogP contribution is 2.44. The summed E-state index contributed by atoms with van der Waals surface area (Å²) in [6.07, 6.45) is 67.8. The average molecular weight is 1560 g/mol. The molecule has 0 fully saturated rings. The molecule has 618 valence electrons. The molecule has 0 spiro atoms. The molecule has 8 N–H and O–H groups in total. The summed E-state index contributed by atoms with van der Waals surface area (Å²) in [4.78, 5) is 72.6. The van der Waals surface area contributed by atoms with Gasteiger partial charge in [0.25, 0.3) is 0 Å². The van der Waals surface area contributed by atoms with Gasteiger partial charge >= 0.3 is 15.6 Å². The maximum atomic E-state index is 13.2. The Morgan fingerprint density at radius 1 is 0.298 bits per heavy atom. The molecule has 0 heterocycles. The summed E-state index contributed by atoms with van der Waals surface area (Å²) in [5, 5.41) is 33.7. The summed E-state index contributed by atoms with van der Waals surface area (Å²) in [5.41, 5.74) is 0. The summed E-state index contributed by atoms with van der Waals surface area (Å²) in [6.45, 7) is 7.49. The quantitative estimate of drug-likeness (QED) is 0.0160. The van der Waals surface area contributed by atoms with Crippen molar-refractivity contribution in [2.24, 2.45) is 0 Å². The van der Waals surface area contributed by atoms with Crippen molar-refractivity contribution >= 4 is 60.9 Å². The van der Waals surface area contributed by atoms with Gasteiger partial charge < -0.3 is 41.3 Å². The van der Waals surface area contributed by atoms with Gasteiger partial charge in [-0.3, -0.25) is 37.3 Å². The molecule has 0 aliphatic rings. The summed E-state index contributed by atoms with van der Waals surface area (Å²) >= 11 is 0. The molecule has 22 heteroatoms. The largest absolute Gasteiger partial charge is 0.472 e. The maximum Gasteiger partial charge on any atom is 0.472 e. The Hall–Kier alpha value is -1.28. The zero-order chi connectivity index (χ0) is 76.2. The summed E-state index contributed by atoms with van der Waals surface area (Å²) in [7, 11) is -6.39. The van der Waals surface area contributed by atoms with Gasteiger partial charge in [0.15, 0.2) is 0 Å². The normalized spacial score (nSPS) is 14.0. The molecule has 0 radical (unpaired) electrons. The average Bonchev–Trinajstić information content (AvgIpc) is 0.902. The number of carbonyl (C=O) groups is 4. The van der Waals surface area contributed by atoms with Gasteiger partial charge in [0.2, 0.25) is 23.6 Å². The van der Waals surface area contributed by atoms with E-state index >= 15 is 0 Å². The lowest BCUT2D eigenvalue weighted by Crippen LogP contribution is -2.46. The van der Waals surface area contributed by atoms with E-state index in [1.54, 1.807) is 0 Å². The van der Waals surface area contributed by atoms with Crippen molar-refractivity contribution in [2.75, 3.05) is 51.0 Å². The number of amides is 4. The monoisotopic (exact) mass is 1560 g/mol. The fraction of sp³-hybridized carbons (Fsp3) is 0.951. The first-order valence-electron chi connectivity index (χ1n) is 43.6. The van der Waals surface area contributed by atoms with E-state index in [1.807, 2.05) is 0 Å². The maximum absolute atomic E-state index is 13.2. The summed E-state index contributed by atoms with van der Waals surface area (Å²) in [5.74, 6) is -0.159. The van der Waals surface area contributed by atoms with E-state index in [9.17, 15) is 48.3 Å². The Kier molecular flexibility index (Phi) is 77.4. The minimum Gasteiger partial charge on any atom is -0.391 e. The second kappa shape index (κ2) is 78.4. The first-order valence-corrected chi connectivity index (χ1v) is 49.0. The second-order valence-electron chi connectivity index (χ2n) is 30.0. The third kappa shape index (κ3) is 74.8. The van der Waals surface area contributed by atoms with Crippen molar-refractivity contribution in [1.29, 1.82) is 0 Å². The van der Waals surface area contributed by atoms with Crippen molar-refractivity contribution < 1.29 is 66.4 Å². The Morgan fingerprint density at radius 3 is 0.740 bits per heavy atom. The lowest BCUT2D eigenvalue weighted by molar-refractivity contribution is -0.124. The molecule has 4 amide bonds. The van der Waals surface area contributed by atoms with Gasteiger partial charge in [0.05, 0.1) is 50.7 Å². The van der Waals surface area contributed by atoms with Crippen molar-refractivity contribution in [3.05, 3.63) is 0 Å². The van der Waals surface area contributed by atoms with Crippen LogP contribution in [0.4, 0.5) is 0 Å². The van der Waals surface area contributed by atoms with Gasteiger partial charge in [-0.25, -0.2) is 9.13 Å². The van der Waals surface area contributed by atoms with Crippen LogP contribution in [0.2, 0.25) is 0 Å². The van der Waals surface area contributed by atoms with Crippen molar-refractivity contribution in [2.45, 2.75) is 450 Å². The minimum atomic E-state index is -4.61. The van der Waals surface area contributed by atoms with E-state index < -0.39 is 53.2 Å². The zero-order valence-electron chi connectivity index (χ0n) is 67.4. The van der Waals surface area contributed by atoms with E-state index in [2.05, 4.69) is 49.0 Å². The number of hydrogen-bond acceptors (Lipinski definition) is 14. The number of nitrogens with one attached hydrogen (secondary N) is 4. The molecule has 2 unspecified atom stereocenters. The van der Waals surface area contributed by atoms with Gasteiger partial charge in [0, 0.05) is 50.3 Å². The summed E-state index contributed by atoms with van der Waals surface area (Å²) < 4.78 is 47.0. The van der Waals surface area contributed by atoms with E-state index in [0.717, 1.165) is 103 Å². The predicted octanol–water partition coefficient (Wildman–Crippen LogP) is 22.8. The van der Waals surface area contributed by atoms with Gasteiger partial charge in [-0.1, -0.05) is 396 Å². The minimum absolute atomic E-state index is 0.0472. The van der Waals surface area contributed by atoms with Crippen LogP contribution >= 0.6 is 37.2 Å². The molecule has 18 nitrogen and oxygen atoms in total. The molecule has 0 bridgehead atoms. The van der Waals surface area contributed by atoms with Crippen LogP contribution in [0.5, 0.6) is 0 Å². The van der Waals surface area contributed by atoms with Crippen LogP contribution < -0.4 is 21.3 Å². The molecular weight excluding hydrogens is 1390 g/mol. The van der Waals surface area contributed by atoms with E-state index in [4.69, 9.17) is 18.1 Å². The molecular formula is C82H164N4O14P2S2. The number of phosphoric ester groups is 2. The molecule has 0 aromatic carbocycles. The van der Waals surface area contributed by atoms with Crippen molar-refractivity contribution in [3.8, 4) is 0 Å². The number of rotatable bonds is 85. The first-order chi connectivity index (χ1) is 50.6. The van der Waals surface area contributed by atoms with Crippen LogP contribution in [0.3, 0.4) is 0 Å². The van der Waals surface area contributed by atoms with Crippen LogP contribution in [-0.2, 0) is 46.4 Å². The van der Waals surface area contributed by atoms with Gasteiger partial charge in [-0.05, 0) is 25.7 Å². The summed E-state index contributed by atoms with van der Waals surface area (Å²) in [6, 6.07) is -1.79. The van der Waals surface area contributed by atoms with Gasteiger partial charge in [-0.2, -0.15) is 0 Å². The molecule has 0 saturated heterocycles.